The number of H-pyrrole nitrogens is 1. The first-order valence-corrected chi connectivity index (χ1v) is 6.70. The third kappa shape index (κ3) is 2.18. The molecule has 1 amide bonds. The van der Waals surface area contributed by atoms with E-state index >= 15 is 0 Å². The van der Waals surface area contributed by atoms with Gasteiger partial charge in [0, 0.05) is 29.1 Å². The predicted molar refractivity (Wildman–Crippen MR) is 74.4 cm³/mol. The molecule has 2 N–H and O–H groups in total. The molecule has 3 rings (SSSR count). The van der Waals surface area contributed by atoms with Gasteiger partial charge in [-0.1, -0.05) is 11.6 Å². The Balaban J connectivity index is 1.81. The first-order chi connectivity index (χ1) is 9.17. The van der Waals surface area contributed by atoms with Crippen LogP contribution in [0.3, 0.4) is 0 Å². The highest BCUT2D eigenvalue weighted by molar-refractivity contribution is 5.86. The topological polar surface area (TPSA) is 54.1 Å². The number of fused-ring (bicyclic) bond motifs is 3. The summed E-state index contributed by atoms with van der Waals surface area (Å²) < 4.78 is 4.93. The van der Waals surface area contributed by atoms with Crippen LogP contribution in [-0.4, -0.2) is 23.7 Å². The van der Waals surface area contributed by atoms with Crippen LogP contribution in [0.1, 0.15) is 23.7 Å². The van der Waals surface area contributed by atoms with Crippen molar-refractivity contribution < 1.29 is 9.53 Å². The highest BCUT2D eigenvalue weighted by Crippen LogP contribution is 2.30. The molecule has 1 atom stereocenters. The van der Waals surface area contributed by atoms with Crippen molar-refractivity contribution in [2.24, 2.45) is 0 Å². The Morgan fingerprint density at radius 1 is 1.47 bits per heavy atom. The molecule has 19 heavy (non-hydrogen) atoms. The number of aromatic nitrogens is 1. The second kappa shape index (κ2) is 4.61. The van der Waals surface area contributed by atoms with Crippen LogP contribution in [0.2, 0.25) is 0 Å². The van der Waals surface area contributed by atoms with E-state index in [1.165, 1.54) is 27.7 Å². The zero-order valence-corrected chi connectivity index (χ0v) is 11.2. The molecule has 1 aliphatic carbocycles. The Hall–Kier alpha value is -1.97. The molecule has 1 aromatic carbocycles. The molecule has 0 saturated heterocycles. The number of amides is 1. The van der Waals surface area contributed by atoms with E-state index in [2.05, 4.69) is 35.4 Å². The first-order valence-electron chi connectivity index (χ1n) is 6.70. The lowest BCUT2D eigenvalue weighted by Gasteiger charge is -2.11. The lowest BCUT2D eigenvalue weighted by Crippen LogP contribution is -2.35. The van der Waals surface area contributed by atoms with Crippen molar-refractivity contribution >= 4 is 17.0 Å². The molecule has 0 fully saturated rings. The summed E-state index contributed by atoms with van der Waals surface area (Å²) >= 11 is 0. The number of ether oxygens (including phenoxy) is 1. The van der Waals surface area contributed by atoms with Crippen LogP contribution in [0.25, 0.3) is 10.9 Å². The van der Waals surface area contributed by atoms with Gasteiger partial charge in [0.2, 0.25) is 0 Å². The van der Waals surface area contributed by atoms with Gasteiger partial charge in [0.15, 0.2) is 0 Å². The van der Waals surface area contributed by atoms with E-state index in [0.29, 0.717) is 6.61 Å². The third-order valence-corrected chi connectivity index (χ3v) is 3.65. The van der Waals surface area contributed by atoms with Crippen LogP contribution in [-0.2, 0) is 17.6 Å². The van der Waals surface area contributed by atoms with E-state index in [0.717, 1.165) is 12.8 Å². The van der Waals surface area contributed by atoms with E-state index in [1.54, 1.807) is 0 Å². The van der Waals surface area contributed by atoms with Gasteiger partial charge in [-0.3, -0.25) is 0 Å². The molecule has 0 spiro atoms. The molecule has 100 valence electrons. The second-order valence-electron chi connectivity index (χ2n) is 5.10. The number of carbonyl (C=O) groups excluding carboxylic acids is 1. The number of hydrogen-bond acceptors (Lipinski definition) is 2. The molecule has 1 aromatic heterocycles. The second-order valence-corrected chi connectivity index (χ2v) is 5.10. The molecule has 4 nitrogen and oxygen atoms in total. The molecular formula is C15H18N2O2. The molecule has 1 heterocycles. The van der Waals surface area contributed by atoms with Gasteiger partial charge < -0.3 is 15.0 Å². The number of aromatic amines is 1. The quantitative estimate of drug-likeness (QED) is 0.870. The Morgan fingerprint density at radius 2 is 2.32 bits per heavy atom. The summed E-state index contributed by atoms with van der Waals surface area (Å²) in [6, 6.07) is 6.58. The first kappa shape index (κ1) is 12.1. The number of rotatable bonds is 2. The predicted octanol–water partition coefficient (Wildman–Crippen LogP) is 2.69. The third-order valence-electron chi connectivity index (χ3n) is 3.65. The number of aryl methyl sites for hydroxylation is 1. The fourth-order valence-electron chi connectivity index (χ4n) is 2.83. The van der Waals surface area contributed by atoms with Gasteiger partial charge >= 0.3 is 6.09 Å². The molecule has 0 saturated carbocycles. The Kier molecular flexibility index (Phi) is 2.93. The summed E-state index contributed by atoms with van der Waals surface area (Å²) in [7, 11) is 0. The zero-order chi connectivity index (χ0) is 13.4. The summed E-state index contributed by atoms with van der Waals surface area (Å²) in [5.41, 5.74) is 5.02. The van der Waals surface area contributed by atoms with Crippen LogP contribution >= 0.6 is 0 Å². The van der Waals surface area contributed by atoms with Crippen LogP contribution in [0.15, 0.2) is 18.2 Å². The number of hydrogen-bond donors (Lipinski definition) is 2. The summed E-state index contributed by atoms with van der Waals surface area (Å²) in [5, 5.41) is 4.19. The van der Waals surface area contributed by atoms with Crippen LogP contribution < -0.4 is 5.32 Å². The largest absolute Gasteiger partial charge is 0.450 e. The maximum Gasteiger partial charge on any atom is 0.407 e. The van der Waals surface area contributed by atoms with E-state index in [-0.39, 0.29) is 12.1 Å². The molecular weight excluding hydrogens is 240 g/mol. The summed E-state index contributed by atoms with van der Waals surface area (Å²) in [6.45, 7) is 4.32. The minimum Gasteiger partial charge on any atom is -0.450 e. The van der Waals surface area contributed by atoms with Crippen molar-refractivity contribution in [3.8, 4) is 0 Å². The van der Waals surface area contributed by atoms with Crippen molar-refractivity contribution in [1.29, 1.82) is 0 Å². The standard InChI is InChI=1S/C15H18N2O2/c1-3-19-15(18)16-10-7-12-11-6-9(2)4-5-13(11)17-14(12)8-10/h4-6,10,17H,3,7-8H2,1-2H3,(H,16,18). The van der Waals surface area contributed by atoms with Crippen LogP contribution in [0, 0.1) is 6.92 Å². The monoisotopic (exact) mass is 258 g/mol. The Labute approximate surface area is 112 Å². The van der Waals surface area contributed by atoms with Crippen molar-refractivity contribution in [1.82, 2.24) is 10.3 Å². The van der Waals surface area contributed by atoms with Gasteiger partial charge in [0.25, 0.3) is 0 Å². The summed E-state index contributed by atoms with van der Waals surface area (Å²) in [6.07, 6.45) is 1.40. The van der Waals surface area contributed by atoms with Crippen LogP contribution in [0.5, 0.6) is 0 Å². The molecule has 0 bridgehead atoms. The Bertz CT molecular complexity index is 630. The highest BCUT2D eigenvalue weighted by atomic mass is 16.5. The van der Waals surface area contributed by atoms with Gasteiger partial charge in [-0.15, -0.1) is 0 Å². The van der Waals surface area contributed by atoms with Gasteiger partial charge in [0.1, 0.15) is 0 Å². The molecule has 0 aliphatic heterocycles. The molecule has 0 radical (unpaired) electrons. The lowest BCUT2D eigenvalue weighted by molar-refractivity contribution is 0.148. The molecule has 1 unspecified atom stereocenters. The van der Waals surface area contributed by atoms with E-state index in [1.807, 2.05) is 6.92 Å². The average molecular weight is 258 g/mol. The Morgan fingerprint density at radius 3 is 3.11 bits per heavy atom. The van der Waals surface area contributed by atoms with Gasteiger partial charge in [-0.05, 0) is 38.0 Å². The van der Waals surface area contributed by atoms with Crippen molar-refractivity contribution in [3.63, 3.8) is 0 Å². The summed E-state index contributed by atoms with van der Waals surface area (Å²) in [4.78, 5) is 14.9. The van der Waals surface area contributed by atoms with E-state index < -0.39 is 0 Å². The maximum absolute atomic E-state index is 11.4. The number of alkyl carbamates (subject to hydrolysis) is 1. The zero-order valence-electron chi connectivity index (χ0n) is 11.2. The number of nitrogens with one attached hydrogen (secondary N) is 2. The fraction of sp³-hybridized carbons (Fsp3) is 0.400. The lowest BCUT2D eigenvalue weighted by atomic mass is 10.1. The summed E-state index contributed by atoms with van der Waals surface area (Å²) in [5.74, 6) is 0. The smallest absolute Gasteiger partial charge is 0.407 e. The van der Waals surface area contributed by atoms with Crippen molar-refractivity contribution in [2.45, 2.75) is 32.7 Å². The molecule has 1 aliphatic rings. The maximum atomic E-state index is 11.4. The minimum absolute atomic E-state index is 0.144. The minimum atomic E-state index is -0.321. The number of benzene rings is 1. The van der Waals surface area contributed by atoms with Crippen molar-refractivity contribution in [2.75, 3.05) is 6.61 Å². The van der Waals surface area contributed by atoms with Crippen molar-refractivity contribution in [3.05, 3.63) is 35.0 Å². The SMILES string of the molecule is CCOC(=O)NC1Cc2[nH]c3ccc(C)cc3c2C1. The van der Waals surface area contributed by atoms with E-state index in [9.17, 15) is 4.79 Å². The highest BCUT2D eigenvalue weighted by Gasteiger charge is 2.26. The fourth-order valence-corrected chi connectivity index (χ4v) is 2.83. The van der Waals surface area contributed by atoms with Gasteiger partial charge in [0.05, 0.1) is 6.61 Å². The molecule has 4 heteroatoms. The van der Waals surface area contributed by atoms with Gasteiger partial charge in [-0.25, -0.2) is 4.79 Å². The van der Waals surface area contributed by atoms with Crippen LogP contribution in [0.4, 0.5) is 4.79 Å². The molecule has 2 aromatic rings. The van der Waals surface area contributed by atoms with Gasteiger partial charge in [-0.2, -0.15) is 0 Å². The normalized spacial score (nSPS) is 17.5. The van der Waals surface area contributed by atoms with E-state index in [4.69, 9.17) is 4.74 Å². The number of carbonyl (C=O) groups is 1. The average Bonchev–Trinajstić information content (AvgIpc) is 2.87.